The van der Waals surface area contributed by atoms with Crippen LogP contribution in [0, 0.1) is 29.6 Å². The molecule has 2 N–H and O–H groups in total. The molecule has 9 heteroatoms. The Hall–Kier alpha value is -2.91. The fourth-order valence-corrected chi connectivity index (χ4v) is 9.44. The van der Waals surface area contributed by atoms with E-state index in [-0.39, 0.29) is 23.9 Å². The van der Waals surface area contributed by atoms with Crippen LogP contribution in [0.5, 0.6) is 0 Å². The number of hydrogen-bond acceptors (Lipinski definition) is 7. The van der Waals surface area contributed by atoms with Gasteiger partial charge in [0.05, 0.1) is 11.7 Å². The molecule has 1 aromatic rings. The zero-order valence-corrected chi connectivity index (χ0v) is 26.0. The Bertz CT molecular complexity index is 1250. The second-order valence-electron chi connectivity index (χ2n) is 14.0. The molecule has 232 valence electrons. The summed E-state index contributed by atoms with van der Waals surface area (Å²) in [6.07, 6.45) is 15.0. The van der Waals surface area contributed by atoms with E-state index in [1.54, 1.807) is 12.4 Å². The van der Waals surface area contributed by atoms with Gasteiger partial charge >= 0.3 is 0 Å². The standard InChI is InChI=1S/C34H48N6O3/c1-4-28-21-39(33(42)30-24-14-22-13-23(16-24)17-25(30)15-22)11-12-40(28)29-8-9-34(43-5-2,26-7-6-10-35-18-26)37-31(29)32(41)36-27-19-38(3)20-27/h6-10,18,22-25,27-28,30,37H,4-5,11-17,19-21H2,1-3H3,(H,36,41)/t22?,23?,24?,25?,28-,30?,34?/m1/s1. The van der Waals surface area contributed by atoms with E-state index in [2.05, 4.69) is 50.4 Å². The maximum atomic E-state index is 14.1. The number of likely N-dealkylation sites (tertiary alicyclic amines) is 1. The average molecular weight is 589 g/mol. The summed E-state index contributed by atoms with van der Waals surface area (Å²) in [5.41, 5.74) is 1.25. The lowest BCUT2D eigenvalue weighted by molar-refractivity contribution is -0.151. The van der Waals surface area contributed by atoms with Gasteiger partial charge in [0.1, 0.15) is 5.70 Å². The number of allylic oxidation sites excluding steroid dienone is 1. The van der Waals surface area contributed by atoms with Crippen LogP contribution >= 0.6 is 0 Å². The number of ether oxygens (including phenoxy) is 1. The number of nitrogens with one attached hydrogen (secondary N) is 2. The molecule has 6 fully saturated rings. The van der Waals surface area contributed by atoms with Crippen LogP contribution in [0.2, 0.25) is 0 Å². The van der Waals surface area contributed by atoms with Gasteiger partial charge in [0.15, 0.2) is 5.72 Å². The van der Waals surface area contributed by atoms with Crippen LogP contribution in [0.15, 0.2) is 48.1 Å². The summed E-state index contributed by atoms with van der Waals surface area (Å²) >= 11 is 0. The van der Waals surface area contributed by atoms with Crippen molar-refractivity contribution < 1.29 is 14.3 Å². The van der Waals surface area contributed by atoms with Crippen LogP contribution in [0.1, 0.15) is 57.9 Å². The molecule has 9 nitrogen and oxygen atoms in total. The minimum absolute atomic E-state index is 0.118. The smallest absolute Gasteiger partial charge is 0.269 e. The number of piperazine rings is 1. The maximum Gasteiger partial charge on any atom is 0.269 e. The summed E-state index contributed by atoms with van der Waals surface area (Å²) in [6, 6.07) is 4.12. The van der Waals surface area contributed by atoms with Crippen molar-refractivity contribution in [3.8, 4) is 0 Å². The Kier molecular flexibility index (Phi) is 7.74. The number of carbonyl (C=O) groups excluding carboxylic acids is 2. The van der Waals surface area contributed by atoms with Crippen LogP contribution in [-0.2, 0) is 20.1 Å². The number of pyridine rings is 1. The highest BCUT2D eigenvalue weighted by Crippen LogP contribution is 2.57. The molecule has 0 spiro atoms. The van der Waals surface area contributed by atoms with Gasteiger partial charge in [-0.1, -0.05) is 13.0 Å². The zero-order chi connectivity index (χ0) is 29.7. The van der Waals surface area contributed by atoms with E-state index < -0.39 is 5.72 Å². The summed E-state index contributed by atoms with van der Waals surface area (Å²) in [4.78, 5) is 39.1. The Balaban J connectivity index is 1.14. The molecular formula is C34H48N6O3. The average Bonchev–Trinajstić information content (AvgIpc) is 3.00. The molecule has 4 heterocycles. The first-order valence-electron chi connectivity index (χ1n) is 16.7. The number of amides is 2. The van der Waals surface area contributed by atoms with E-state index in [4.69, 9.17) is 4.74 Å². The van der Waals surface area contributed by atoms with E-state index in [0.717, 1.165) is 42.6 Å². The van der Waals surface area contributed by atoms with Gasteiger partial charge in [-0.2, -0.15) is 0 Å². The number of rotatable bonds is 8. The van der Waals surface area contributed by atoms with Gasteiger partial charge in [0.2, 0.25) is 5.91 Å². The molecule has 1 aromatic heterocycles. The highest BCUT2D eigenvalue weighted by atomic mass is 16.5. The zero-order valence-electron chi connectivity index (χ0n) is 26.0. The molecule has 2 amide bonds. The molecule has 7 aliphatic rings. The SMILES string of the molecule is CCOC1(c2cccnc2)C=CC(N2CCN(C(=O)C3C4CC5CC(C4)CC3C5)C[C@H]2CC)=C(C(=O)NC2CN(C)C2)N1. The van der Waals surface area contributed by atoms with Crippen molar-refractivity contribution >= 4 is 11.8 Å². The van der Waals surface area contributed by atoms with Crippen molar-refractivity contribution in [3.05, 3.63) is 53.6 Å². The summed E-state index contributed by atoms with van der Waals surface area (Å²) < 4.78 is 6.32. The topological polar surface area (TPSA) is 90.0 Å². The summed E-state index contributed by atoms with van der Waals surface area (Å²) in [7, 11) is 2.06. The Labute approximate surface area is 256 Å². The van der Waals surface area contributed by atoms with Crippen molar-refractivity contribution in [2.75, 3.05) is 46.4 Å². The van der Waals surface area contributed by atoms with Crippen LogP contribution in [-0.4, -0.2) is 90.0 Å². The van der Waals surface area contributed by atoms with Crippen molar-refractivity contribution in [2.45, 2.75) is 70.2 Å². The van der Waals surface area contributed by atoms with E-state index in [9.17, 15) is 9.59 Å². The number of likely N-dealkylation sites (N-methyl/N-ethyl adjacent to an activating group) is 1. The Morgan fingerprint density at radius 1 is 1.07 bits per heavy atom. The molecule has 4 saturated carbocycles. The minimum Gasteiger partial charge on any atom is -0.363 e. The second kappa shape index (κ2) is 11.5. The Morgan fingerprint density at radius 3 is 2.44 bits per heavy atom. The first-order chi connectivity index (χ1) is 20.9. The third-order valence-electron chi connectivity index (χ3n) is 11.2. The van der Waals surface area contributed by atoms with Gasteiger partial charge in [-0.25, -0.2) is 0 Å². The molecule has 43 heavy (non-hydrogen) atoms. The quantitative estimate of drug-likeness (QED) is 0.483. The first kappa shape index (κ1) is 28.8. The lowest BCUT2D eigenvalue weighted by atomic mass is 9.51. The summed E-state index contributed by atoms with van der Waals surface area (Å²) in [5.74, 6) is 3.42. The predicted molar refractivity (Wildman–Crippen MR) is 164 cm³/mol. The van der Waals surface area contributed by atoms with Gasteiger partial charge in [-0.3, -0.25) is 14.6 Å². The maximum absolute atomic E-state index is 14.1. The number of carbonyl (C=O) groups is 2. The molecule has 8 rings (SSSR count). The normalized spacial score (nSPS) is 35.6. The first-order valence-corrected chi connectivity index (χ1v) is 16.7. The predicted octanol–water partition coefficient (Wildman–Crippen LogP) is 3.07. The molecule has 0 radical (unpaired) electrons. The lowest BCUT2D eigenvalue weighted by Crippen LogP contribution is -2.61. The number of nitrogens with zero attached hydrogens (tertiary/aromatic N) is 4. The van der Waals surface area contributed by atoms with Crippen LogP contribution in [0.25, 0.3) is 0 Å². The lowest BCUT2D eigenvalue weighted by Gasteiger charge is -2.55. The molecule has 2 atom stereocenters. The van der Waals surface area contributed by atoms with Gasteiger partial charge in [0, 0.05) is 69.2 Å². The van der Waals surface area contributed by atoms with Gasteiger partial charge in [-0.05, 0) is 94.4 Å². The van der Waals surface area contributed by atoms with Crippen molar-refractivity contribution in [1.82, 2.24) is 30.3 Å². The molecule has 4 bridgehead atoms. The summed E-state index contributed by atoms with van der Waals surface area (Å²) in [6.45, 7) is 8.40. The molecule has 0 aromatic carbocycles. The van der Waals surface area contributed by atoms with Gasteiger partial charge < -0.3 is 30.1 Å². The number of hydrogen-bond donors (Lipinski definition) is 2. The van der Waals surface area contributed by atoms with E-state index in [1.807, 2.05) is 25.1 Å². The van der Waals surface area contributed by atoms with Crippen molar-refractivity contribution in [3.63, 3.8) is 0 Å². The molecule has 4 aliphatic carbocycles. The van der Waals surface area contributed by atoms with Crippen molar-refractivity contribution in [1.29, 1.82) is 0 Å². The number of dihydropyridines is 1. The molecule has 3 aliphatic heterocycles. The third-order valence-corrected chi connectivity index (χ3v) is 11.2. The highest BCUT2D eigenvalue weighted by molar-refractivity contribution is 5.95. The highest BCUT2D eigenvalue weighted by Gasteiger charge is 2.52. The van der Waals surface area contributed by atoms with E-state index >= 15 is 0 Å². The van der Waals surface area contributed by atoms with Crippen LogP contribution in [0.3, 0.4) is 0 Å². The van der Waals surface area contributed by atoms with Crippen molar-refractivity contribution in [2.24, 2.45) is 29.6 Å². The summed E-state index contributed by atoms with van der Waals surface area (Å²) in [5, 5.41) is 6.80. The van der Waals surface area contributed by atoms with Crippen LogP contribution < -0.4 is 10.6 Å². The molecular weight excluding hydrogens is 540 g/mol. The Morgan fingerprint density at radius 2 is 1.81 bits per heavy atom. The largest absolute Gasteiger partial charge is 0.363 e. The van der Waals surface area contributed by atoms with E-state index in [0.29, 0.717) is 49.7 Å². The molecule has 1 unspecified atom stereocenters. The monoisotopic (exact) mass is 588 g/mol. The van der Waals surface area contributed by atoms with E-state index in [1.165, 1.54) is 32.1 Å². The molecule has 2 saturated heterocycles. The minimum atomic E-state index is -0.992. The third kappa shape index (κ3) is 5.26. The fourth-order valence-electron chi connectivity index (χ4n) is 9.44. The van der Waals surface area contributed by atoms with Crippen LogP contribution in [0.4, 0.5) is 0 Å². The fraction of sp³-hybridized carbons (Fsp3) is 0.676. The number of aromatic nitrogens is 1. The second-order valence-corrected chi connectivity index (χ2v) is 14.0. The van der Waals surface area contributed by atoms with Gasteiger partial charge in [0.25, 0.3) is 5.91 Å². The van der Waals surface area contributed by atoms with Gasteiger partial charge in [-0.15, -0.1) is 0 Å².